The Balaban J connectivity index is 0.000000172. The number of hydrogen-bond donors (Lipinski definition) is 2. The van der Waals surface area contributed by atoms with Crippen molar-refractivity contribution >= 4 is 17.7 Å². The normalized spacial score (nSPS) is 24.3. The Kier molecular flexibility index (Phi) is 7.73. The van der Waals surface area contributed by atoms with E-state index in [-0.39, 0.29) is 11.9 Å². The van der Waals surface area contributed by atoms with Gasteiger partial charge >= 0.3 is 6.03 Å². The standard InChI is InChI=1S/C15H18N2O3.C13H16O2/c1-20-12-4-2-10(3-5-12)11-6-8-15(9-7-11)13(18)16-14(19)17-15;1-15-13-8-4-11(5-9-13)10-2-6-12(14)7-3-10/h2-5,11H,6-9H2,1H3,(H2,16,17,18,19);4-5,8-10H,2-3,6-7H2,1H3. The first kappa shape index (κ1) is 24.8. The summed E-state index contributed by atoms with van der Waals surface area (Å²) in [5.74, 6) is 3.00. The van der Waals surface area contributed by atoms with Gasteiger partial charge in [0, 0.05) is 12.8 Å². The number of methoxy groups -OCH3 is 2. The number of benzene rings is 2. The molecule has 2 aliphatic carbocycles. The van der Waals surface area contributed by atoms with Gasteiger partial charge in [-0.15, -0.1) is 0 Å². The third kappa shape index (κ3) is 5.84. The lowest BCUT2D eigenvalue weighted by Crippen LogP contribution is -2.49. The molecule has 0 radical (unpaired) electrons. The largest absolute Gasteiger partial charge is 0.497 e. The Morgan fingerprint density at radius 1 is 0.714 bits per heavy atom. The van der Waals surface area contributed by atoms with E-state index >= 15 is 0 Å². The number of nitrogens with one attached hydrogen (secondary N) is 2. The molecule has 0 atom stereocenters. The van der Waals surface area contributed by atoms with Crippen molar-refractivity contribution in [2.45, 2.75) is 68.7 Å². The molecule has 35 heavy (non-hydrogen) atoms. The molecule has 2 N–H and O–H groups in total. The van der Waals surface area contributed by atoms with Crippen molar-refractivity contribution in [1.82, 2.24) is 10.6 Å². The van der Waals surface area contributed by atoms with Gasteiger partial charge < -0.3 is 14.8 Å². The molecule has 7 nitrogen and oxygen atoms in total. The van der Waals surface area contributed by atoms with E-state index in [1.165, 1.54) is 11.1 Å². The lowest BCUT2D eigenvalue weighted by atomic mass is 9.74. The van der Waals surface area contributed by atoms with Gasteiger partial charge in [0.15, 0.2) is 0 Å². The summed E-state index contributed by atoms with van der Waals surface area (Å²) in [6, 6.07) is 15.9. The third-order valence-electron chi connectivity index (χ3n) is 7.57. The first-order valence-corrected chi connectivity index (χ1v) is 12.4. The van der Waals surface area contributed by atoms with E-state index in [1.54, 1.807) is 14.2 Å². The summed E-state index contributed by atoms with van der Waals surface area (Å²) in [6.45, 7) is 0. The number of ether oxygens (including phenoxy) is 2. The third-order valence-corrected chi connectivity index (χ3v) is 7.57. The van der Waals surface area contributed by atoms with E-state index in [4.69, 9.17) is 9.47 Å². The highest BCUT2D eigenvalue weighted by atomic mass is 16.5. The molecule has 1 aliphatic heterocycles. The number of hydrogen-bond acceptors (Lipinski definition) is 5. The number of urea groups is 1. The smallest absolute Gasteiger partial charge is 0.322 e. The molecular weight excluding hydrogens is 444 g/mol. The van der Waals surface area contributed by atoms with E-state index in [0.29, 0.717) is 30.5 Å². The molecule has 2 saturated carbocycles. The summed E-state index contributed by atoms with van der Waals surface area (Å²) >= 11 is 0. The van der Waals surface area contributed by atoms with E-state index < -0.39 is 5.54 Å². The Morgan fingerprint density at radius 3 is 1.57 bits per heavy atom. The number of ketones is 1. The van der Waals surface area contributed by atoms with Gasteiger partial charge in [-0.25, -0.2) is 4.79 Å². The van der Waals surface area contributed by atoms with Crippen LogP contribution in [0.1, 0.15) is 74.3 Å². The molecule has 0 unspecified atom stereocenters. The van der Waals surface area contributed by atoms with E-state index in [0.717, 1.165) is 50.0 Å². The van der Waals surface area contributed by atoms with Gasteiger partial charge in [-0.2, -0.15) is 0 Å². The van der Waals surface area contributed by atoms with Crippen molar-refractivity contribution in [2.24, 2.45) is 0 Å². The van der Waals surface area contributed by atoms with Crippen LogP contribution in [0.15, 0.2) is 48.5 Å². The molecule has 2 aromatic rings. The molecular formula is C28H34N2O5. The topological polar surface area (TPSA) is 93.7 Å². The fourth-order valence-electron chi connectivity index (χ4n) is 5.35. The maximum Gasteiger partial charge on any atom is 0.322 e. The van der Waals surface area contributed by atoms with Crippen molar-refractivity contribution in [1.29, 1.82) is 0 Å². The second-order valence-corrected chi connectivity index (χ2v) is 9.62. The molecule has 1 heterocycles. The zero-order valence-electron chi connectivity index (χ0n) is 20.5. The molecule has 3 fully saturated rings. The Morgan fingerprint density at radius 2 is 1.17 bits per heavy atom. The van der Waals surface area contributed by atoms with Gasteiger partial charge in [-0.1, -0.05) is 24.3 Å². The molecule has 7 heteroatoms. The SMILES string of the molecule is COc1ccc(C2CCC(=O)CC2)cc1.COc1ccc(C2CCC3(CC2)NC(=O)NC3=O)cc1. The number of rotatable bonds is 4. The molecule has 186 valence electrons. The van der Waals surface area contributed by atoms with Gasteiger partial charge in [-0.3, -0.25) is 14.9 Å². The van der Waals surface area contributed by atoms with Crippen molar-refractivity contribution < 1.29 is 23.9 Å². The van der Waals surface area contributed by atoms with Crippen LogP contribution in [-0.4, -0.2) is 37.5 Å². The maximum absolute atomic E-state index is 11.9. The van der Waals surface area contributed by atoms with Crippen molar-refractivity contribution in [3.8, 4) is 11.5 Å². The van der Waals surface area contributed by atoms with Crippen LogP contribution in [0.2, 0.25) is 0 Å². The van der Waals surface area contributed by atoms with Crippen molar-refractivity contribution in [3.05, 3.63) is 59.7 Å². The number of imide groups is 1. The van der Waals surface area contributed by atoms with E-state index in [2.05, 4.69) is 34.9 Å². The van der Waals surface area contributed by atoms with Gasteiger partial charge in [-0.05, 0) is 85.8 Å². The first-order chi connectivity index (χ1) is 16.9. The number of amides is 3. The van der Waals surface area contributed by atoms with Crippen LogP contribution in [0.3, 0.4) is 0 Å². The minimum absolute atomic E-state index is 0.171. The van der Waals surface area contributed by atoms with Crippen LogP contribution in [0.5, 0.6) is 11.5 Å². The number of carbonyl (C=O) groups excluding carboxylic acids is 3. The minimum atomic E-state index is -0.667. The minimum Gasteiger partial charge on any atom is -0.497 e. The van der Waals surface area contributed by atoms with Gasteiger partial charge in [0.2, 0.25) is 0 Å². The fraction of sp³-hybridized carbons (Fsp3) is 0.464. The lowest BCUT2D eigenvalue weighted by Gasteiger charge is -2.34. The fourth-order valence-corrected chi connectivity index (χ4v) is 5.35. The zero-order chi connectivity index (χ0) is 24.8. The predicted molar refractivity (Wildman–Crippen MR) is 133 cm³/mol. The second kappa shape index (κ2) is 10.9. The van der Waals surface area contributed by atoms with Crippen LogP contribution in [0, 0.1) is 0 Å². The molecule has 3 aliphatic rings. The van der Waals surface area contributed by atoms with Crippen LogP contribution in [0.25, 0.3) is 0 Å². The van der Waals surface area contributed by atoms with Crippen molar-refractivity contribution in [3.63, 3.8) is 0 Å². The molecule has 0 bridgehead atoms. The molecule has 0 aromatic heterocycles. The highest BCUT2D eigenvalue weighted by molar-refractivity contribution is 6.07. The van der Waals surface area contributed by atoms with E-state index in [9.17, 15) is 14.4 Å². The molecule has 2 aromatic carbocycles. The number of Topliss-reactive ketones (excluding diaryl/α,β-unsaturated/α-hetero) is 1. The van der Waals surface area contributed by atoms with Crippen LogP contribution < -0.4 is 20.1 Å². The number of carbonyl (C=O) groups is 3. The summed E-state index contributed by atoms with van der Waals surface area (Å²) in [5.41, 5.74) is 1.94. The molecule has 1 spiro atoms. The van der Waals surface area contributed by atoms with E-state index in [1.807, 2.05) is 24.3 Å². The monoisotopic (exact) mass is 478 g/mol. The van der Waals surface area contributed by atoms with Crippen LogP contribution in [-0.2, 0) is 9.59 Å². The Labute approximate surface area is 206 Å². The average Bonchev–Trinajstić information content (AvgIpc) is 3.17. The van der Waals surface area contributed by atoms with Crippen molar-refractivity contribution in [2.75, 3.05) is 14.2 Å². The summed E-state index contributed by atoms with van der Waals surface area (Å²) in [6.07, 6.45) is 6.70. The van der Waals surface area contributed by atoms with Gasteiger partial charge in [0.1, 0.15) is 22.8 Å². The average molecular weight is 479 g/mol. The van der Waals surface area contributed by atoms with Crippen LogP contribution >= 0.6 is 0 Å². The Bertz CT molecular complexity index is 1030. The summed E-state index contributed by atoms with van der Waals surface area (Å²) < 4.78 is 10.3. The lowest BCUT2D eigenvalue weighted by molar-refractivity contribution is -0.125. The summed E-state index contributed by atoms with van der Waals surface area (Å²) in [7, 11) is 3.33. The zero-order valence-corrected chi connectivity index (χ0v) is 20.5. The molecule has 3 amide bonds. The molecule has 5 rings (SSSR count). The highest BCUT2D eigenvalue weighted by Gasteiger charge is 2.48. The summed E-state index contributed by atoms with van der Waals surface area (Å²) in [5, 5.41) is 5.13. The summed E-state index contributed by atoms with van der Waals surface area (Å²) in [4.78, 5) is 34.3. The quantitative estimate of drug-likeness (QED) is 0.613. The predicted octanol–water partition coefficient (Wildman–Crippen LogP) is 4.85. The highest BCUT2D eigenvalue weighted by Crippen LogP contribution is 2.39. The maximum atomic E-state index is 11.9. The van der Waals surface area contributed by atoms with Gasteiger partial charge in [0.25, 0.3) is 5.91 Å². The Hall–Kier alpha value is -3.35. The molecule has 1 saturated heterocycles. The second-order valence-electron chi connectivity index (χ2n) is 9.62. The van der Waals surface area contributed by atoms with Gasteiger partial charge in [0.05, 0.1) is 14.2 Å². The van der Waals surface area contributed by atoms with Crippen LogP contribution in [0.4, 0.5) is 4.79 Å². The first-order valence-electron chi connectivity index (χ1n) is 12.4.